The van der Waals surface area contributed by atoms with E-state index in [2.05, 4.69) is 5.32 Å². The highest BCUT2D eigenvalue weighted by atomic mass is 16.5. The molecule has 14 heavy (non-hydrogen) atoms. The van der Waals surface area contributed by atoms with Gasteiger partial charge >= 0.3 is 0 Å². The molecule has 0 aromatic rings. The van der Waals surface area contributed by atoms with Crippen molar-refractivity contribution in [2.75, 3.05) is 13.2 Å². The topological polar surface area (TPSA) is 62.1 Å². The van der Waals surface area contributed by atoms with Crippen molar-refractivity contribution in [3.8, 4) is 6.07 Å². The minimum atomic E-state index is -0.0460. The molecule has 0 radical (unpaired) electrons. The number of amides is 1. The van der Waals surface area contributed by atoms with Crippen LogP contribution in [-0.4, -0.2) is 25.2 Å². The molecule has 1 saturated heterocycles. The lowest BCUT2D eigenvalue weighted by atomic mass is 9.99. The van der Waals surface area contributed by atoms with Gasteiger partial charge in [0.25, 0.3) is 0 Å². The maximum Gasteiger partial charge on any atom is 0.223 e. The lowest BCUT2D eigenvalue weighted by Gasteiger charge is -2.22. The van der Waals surface area contributed by atoms with E-state index in [0.29, 0.717) is 19.6 Å². The zero-order valence-electron chi connectivity index (χ0n) is 8.45. The zero-order chi connectivity index (χ0) is 10.4. The second-order valence-electron chi connectivity index (χ2n) is 3.66. The van der Waals surface area contributed by atoms with E-state index >= 15 is 0 Å². The molecule has 78 valence electrons. The van der Waals surface area contributed by atoms with Gasteiger partial charge in [-0.05, 0) is 19.8 Å². The highest BCUT2D eigenvalue weighted by molar-refractivity contribution is 5.79. The molecule has 0 aromatic heterocycles. The van der Waals surface area contributed by atoms with Crippen molar-refractivity contribution in [2.24, 2.45) is 5.92 Å². The highest BCUT2D eigenvalue weighted by Gasteiger charge is 2.22. The smallest absolute Gasteiger partial charge is 0.223 e. The minimum Gasteiger partial charge on any atom is -0.381 e. The summed E-state index contributed by atoms with van der Waals surface area (Å²) >= 11 is 0. The number of ether oxygens (including phenoxy) is 1. The van der Waals surface area contributed by atoms with Crippen LogP contribution in [0.5, 0.6) is 0 Å². The highest BCUT2D eigenvalue weighted by Crippen LogP contribution is 2.14. The van der Waals surface area contributed by atoms with E-state index in [1.54, 1.807) is 0 Å². The molecule has 1 amide bonds. The fraction of sp³-hybridized carbons (Fsp3) is 0.800. The first-order valence-electron chi connectivity index (χ1n) is 4.99. The summed E-state index contributed by atoms with van der Waals surface area (Å²) in [7, 11) is 0. The summed E-state index contributed by atoms with van der Waals surface area (Å²) in [5.74, 6) is 0.140. The molecule has 1 fully saturated rings. The average Bonchev–Trinajstić information content (AvgIpc) is 2.19. The normalized spacial score (nSPS) is 19.7. The van der Waals surface area contributed by atoms with E-state index in [9.17, 15) is 4.79 Å². The zero-order valence-corrected chi connectivity index (χ0v) is 8.45. The Morgan fingerprint density at radius 3 is 2.86 bits per heavy atom. The van der Waals surface area contributed by atoms with Crippen LogP contribution in [0.3, 0.4) is 0 Å². The van der Waals surface area contributed by atoms with E-state index < -0.39 is 0 Å². The predicted molar refractivity (Wildman–Crippen MR) is 51.4 cm³/mol. The molecular weight excluding hydrogens is 180 g/mol. The molecular formula is C10H16N2O2. The number of nitrogens with one attached hydrogen (secondary N) is 1. The number of carbonyl (C=O) groups excluding carboxylic acids is 1. The third-order valence-corrected chi connectivity index (χ3v) is 2.38. The van der Waals surface area contributed by atoms with E-state index in [-0.39, 0.29) is 17.9 Å². The Hall–Kier alpha value is -1.08. The summed E-state index contributed by atoms with van der Waals surface area (Å²) in [4.78, 5) is 11.6. The Kier molecular flexibility index (Phi) is 4.41. The predicted octanol–water partition coefficient (Wildman–Crippen LogP) is 0.831. The van der Waals surface area contributed by atoms with Crippen LogP contribution in [0.15, 0.2) is 0 Å². The van der Waals surface area contributed by atoms with Gasteiger partial charge in [0.15, 0.2) is 0 Å². The first-order valence-corrected chi connectivity index (χ1v) is 4.99. The largest absolute Gasteiger partial charge is 0.381 e. The molecule has 1 aliphatic rings. The number of hydrogen-bond donors (Lipinski definition) is 1. The molecule has 4 nitrogen and oxygen atoms in total. The first kappa shape index (κ1) is 11.0. The lowest BCUT2D eigenvalue weighted by Crippen LogP contribution is -2.39. The van der Waals surface area contributed by atoms with Crippen LogP contribution in [0.2, 0.25) is 0 Å². The van der Waals surface area contributed by atoms with Crippen LogP contribution in [0, 0.1) is 17.2 Å². The summed E-state index contributed by atoms with van der Waals surface area (Å²) in [6.45, 7) is 3.19. The van der Waals surface area contributed by atoms with Gasteiger partial charge < -0.3 is 10.1 Å². The SMILES string of the molecule is CC(CC#N)NC(=O)C1CCOCC1. The summed E-state index contributed by atoms with van der Waals surface area (Å²) in [5.41, 5.74) is 0. The Morgan fingerprint density at radius 2 is 2.29 bits per heavy atom. The van der Waals surface area contributed by atoms with Crippen LogP contribution >= 0.6 is 0 Å². The standard InChI is InChI=1S/C10H16N2O2/c1-8(2-5-11)12-10(13)9-3-6-14-7-4-9/h8-9H,2-4,6-7H2,1H3,(H,12,13). The number of nitriles is 1. The second kappa shape index (κ2) is 5.61. The van der Waals surface area contributed by atoms with Crippen molar-refractivity contribution in [3.63, 3.8) is 0 Å². The average molecular weight is 196 g/mol. The lowest BCUT2D eigenvalue weighted by molar-refractivity contribution is -0.128. The molecule has 0 aliphatic carbocycles. The Morgan fingerprint density at radius 1 is 1.64 bits per heavy atom. The fourth-order valence-corrected chi connectivity index (χ4v) is 1.51. The van der Waals surface area contributed by atoms with Crippen LogP contribution in [-0.2, 0) is 9.53 Å². The van der Waals surface area contributed by atoms with E-state index in [0.717, 1.165) is 12.8 Å². The van der Waals surface area contributed by atoms with Crippen molar-refractivity contribution in [1.82, 2.24) is 5.32 Å². The van der Waals surface area contributed by atoms with Gasteiger partial charge in [-0.3, -0.25) is 4.79 Å². The Bertz CT molecular complexity index is 229. The summed E-state index contributed by atoms with van der Waals surface area (Å²) in [5, 5.41) is 11.3. The van der Waals surface area contributed by atoms with Gasteiger partial charge in [0.05, 0.1) is 12.5 Å². The van der Waals surface area contributed by atoms with Gasteiger partial charge in [-0.15, -0.1) is 0 Å². The monoisotopic (exact) mass is 196 g/mol. The van der Waals surface area contributed by atoms with E-state index in [4.69, 9.17) is 10.00 Å². The van der Waals surface area contributed by atoms with Crippen molar-refractivity contribution < 1.29 is 9.53 Å². The molecule has 1 unspecified atom stereocenters. The van der Waals surface area contributed by atoms with Gasteiger partial charge in [0, 0.05) is 25.2 Å². The minimum absolute atomic E-state index is 0.0460. The maximum atomic E-state index is 11.6. The summed E-state index contributed by atoms with van der Waals surface area (Å²) in [6.07, 6.45) is 1.96. The fourth-order valence-electron chi connectivity index (χ4n) is 1.51. The number of rotatable bonds is 3. The molecule has 0 spiro atoms. The van der Waals surface area contributed by atoms with Crippen molar-refractivity contribution in [3.05, 3.63) is 0 Å². The van der Waals surface area contributed by atoms with Crippen LogP contribution in [0.1, 0.15) is 26.2 Å². The number of hydrogen-bond acceptors (Lipinski definition) is 3. The molecule has 1 N–H and O–H groups in total. The molecule has 0 aromatic carbocycles. The van der Waals surface area contributed by atoms with E-state index in [1.807, 2.05) is 13.0 Å². The summed E-state index contributed by atoms with van der Waals surface area (Å²) < 4.78 is 5.17. The van der Waals surface area contributed by atoms with Gasteiger partial charge in [-0.1, -0.05) is 0 Å². The van der Waals surface area contributed by atoms with Gasteiger partial charge in [0.1, 0.15) is 0 Å². The van der Waals surface area contributed by atoms with Gasteiger partial charge in [0.2, 0.25) is 5.91 Å². The van der Waals surface area contributed by atoms with Crippen molar-refractivity contribution in [1.29, 1.82) is 5.26 Å². The molecule has 4 heteroatoms. The number of nitrogens with zero attached hydrogens (tertiary/aromatic N) is 1. The number of carbonyl (C=O) groups is 1. The Balaban J connectivity index is 2.30. The summed E-state index contributed by atoms with van der Waals surface area (Å²) in [6, 6.07) is 1.99. The third kappa shape index (κ3) is 3.35. The van der Waals surface area contributed by atoms with Crippen LogP contribution in [0.4, 0.5) is 0 Å². The van der Waals surface area contributed by atoms with Gasteiger partial charge in [-0.2, -0.15) is 5.26 Å². The van der Waals surface area contributed by atoms with Crippen LogP contribution in [0.25, 0.3) is 0 Å². The maximum absolute atomic E-state index is 11.6. The molecule has 1 atom stereocenters. The quantitative estimate of drug-likeness (QED) is 0.727. The molecule has 0 bridgehead atoms. The molecule has 1 aliphatic heterocycles. The molecule has 0 saturated carbocycles. The van der Waals surface area contributed by atoms with E-state index in [1.165, 1.54) is 0 Å². The van der Waals surface area contributed by atoms with Crippen LogP contribution < -0.4 is 5.32 Å². The second-order valence-corrected chi connectivity index (χ2v) is 3.66. The van der Waals surface area contributed by atoms with Gasteiger partial charge in [-0.25, -0.2) is 0 Å². The van der Waals surface area contributed by atoms with Crippen molar-refractivity contribution in [2.45, 2.75) is 32.2 Å². The molecule has 1 rings (SSSR count). The van der Waals surface area contributed by atoms with Crippen molar-refractivity contribution >= 4 is 5.91 Å². The third-order valence-electron chi connectivity index (χ3n) is 2.38. The molecule has 1 heterocycles. The Labute approximate surface area is 84.2 Å². The first-order chi connectivity index (χ1) is 6.74.